The Morgan fingerprint density at radius 2 is 2.08 bits per heavy atom. The minimum atomic E-state index is -0.125. The van der Waals surface area contributed by atoms with E-state index in [2.05, 4.69) is 25.8 Å². The number of aromatic nitrogens is 3. The number of halogens is 1. The van der Waals surface area contributed by atoms with E-state index in [1.807, 2.05) is 30.5 Å². The van der Waals surface area contributed by atoms with E-state index in [0.717, 1.165) is 43.3 Å². The molecule has 0 bridgehead atoms. The molecule has 7 heteroatoms. The first kappa shape index (κ1) is 17.4. The highest BCUT2D eigenvalue weighted by Gasteiger charge is 2.45. The fourth-order valence-electron chi connectivity index (χ4n) is 2.99. The van der Waals surface area contributed by atoms with Crippen LogP contribution in [0.25, 0.3) is 0 Å². The first-order chi connectivity index (χ1) is 12.2. The second-order valence-electron chi connectivity index (χ2n) is 6.34. The molecule has 134 valence electrons. The zero-order valence-electron chi connectivity index (χ0n) is 14.8. The fourth-order valence-corrected chi connectivity index (χ4v) is 2.99. The molecule has 3 rings (SSSR count). The number of nitrogens with zero attached hydrogens (tertiary/aromatic N) is 4. The monoisotopic (exact) mass is 344 g/mol. The summed E-state index contributed by atoms with van der Waals surface area (Å²) in [6.45, 7) is 6.77. The third kappa shape index (κ3) is 3.97. The van der Waals surface area contributed by atoms with Gasteiger partial charge in [-0.15, -0.1) is 10.2 Å². The Labute approximate surface area is 147 Å². The van der Waals surface area contributed by atoms with E-state index in [1.165, 1.54) is 6.07 Å². The minimum absolute atomic E-state index is 0.120. The lowest BCUT2D eigenvalue weighted by atomic mass is 9.95. The average molecular weight is 344 g/mol. The summed E-state index contributed by atoms with van der Waals surface area (Å²) in [5.74, 6) is 1.42. The molecule has 0 unspecified atom stereocenters. The SMILES string of the molecule is CCNC(=NCc1nncn1CC)NCC1(c2ccccc2F)CC1. The molecule has 2 aromatic rings. The van der Waals surface area contributed by atoms with Gasteiger partial charge in [-0.3, -0.25) is 0 Å². The number of aryl methyl sites for hydroxylation is 1. The highest BCUT2D eigenvalue weighted by Crippen LogP contribution is 2.48. The number of hydrogen-bond acceptors (Lipinski definition) is 3. The summed E-state index contributed by atoms with van der Waals surface area (Å²) in [4.78, 5) is 4.59. The Balaban J connectivity index is 1.66. The van der Waals surface area contributed by atoms with E-state index in [1.54, 1.807) is 12.4 Å². The van der Waals surface area contributed by atoms with Crippen molar-refractivity contribution in [3.63, 3.8) is 0 Å². The second kappa shape index (κ2) is 7.63. The van der Waals surface area contributed by atoms with Crippen molar-refractivity contribution in [2.75, 3.05) is 13.1 Å². The van der Waals surface area contributed by atoms with Crippen molar-refractivity contribution in [3.05, 3.63) is 47.8 Å². The van der Waals surface area contributed by atoms with Crippen LogP contribution in [0.15, 0.2) is 35.6 Å². The van der Waals surface area contributed by atoms with Gasteiger partial charge in [0.15, 0.2) is 11.8 Å². The largest absolute Gasteiger partial charge is 0.357 e. The zero-order chi connectivity index (χ0) is 17.7. The quantitative estimate of drug-likeness (QED) is 0.597. The van der Waals surface area contributed by atoms with Crippen LogP contribution in [-0.2, 0) is 18.5 Å². The lowest BCUT2D eigenvalue weighted by Crippen LogP contribution is -2.41. The van der Waals surface area contributed by atoms with E-state index in [9.17, 15) is 4.39 Å². The van der Waals surface area contributed by atoms with Crippen molar-refractivity contribution in [1.29, 1.82) is 0 Å². The molecule has 1 aliphatic rings. The summed E-state index contributed by atoms with van der Waals surface area (Å²) in [5.41, 5.74) is 0.675. The van der Waals surface area contributed by atoms with E-state index in [0.29, 0.717) is 13.1 Å². The van der Waals surface area contributed by atoms with Gasteiger partial charge in [0.05, 0.1) is 0 Å². The van der Waals surface area contributed by atoms with Crippen LogP contribution in [0.3, 0.4) is 0 Å². The van der Waals surface area contributed by atoms with Gasteiger partial charge in [0, 0.05) is 25.0 Å². The predicted octanol–water partition coefficient (Wildman–Crippen LogP) is 2.22. The molecule has 2 N–H and O–H groups in total. The molecule has 6 nitrogen and oxygen atoms in total. The van der Waals surface area contributed by atoms with E-state index in [4.69, 9.17) is 0 Å². The van der Waals surface area contributed by atoms with Crippen molar-refractivity contribution < 1.29 is 4.39 Å². The summed E-state index contributed by atoms with van der Waals surface area (Å²) in [5, 5.41) is 14.6. The summed E-state index contributed by atoms with van der Waals surface area (Å²) in [6, 6.07) is 7.05. The maximum absolute atomic E-state index is 14.1. The van der Waals surface area contributed by atoms with E-state index < -0.39 is 0 Å². The zero-order valence-corrected chi connectivity index (χ0v) is 14.8. The Hall–Kier alpha value is -2.44. The highest BCUT2D eigenvalue weighted by atomic mass is 19.1. The van der Waals surface area contributed by atoms with Crippen LogP contribution in [0.2, 0.25) is 0 Å². The van der Waals surface area contributed by atoms with Gasteiger partial charge in [0.25, 0.3) is 0 Å². The minimum Gasteiger partial charge on any atom is -0.357 e. The van der Waals surface area contributed by atoms with E-state index in [-0.39, 0.29) is 11.2 Å². The fraction of sp³-hybridized carbons (Fsp3) is 0.500. The van der Waals surface area contributed by atoms with Crippen molar-refractivity contribution in [3.8, 4) is 0 Å². The first-order valence-electron chi connectivity index (χ1n) is 8.82. The Kier molecular flexibility index (Phi) is 5.31. The number of hydrogen-bond donors (Lipinski definition) is 2. The van der Waals surface area contributed by atoms with Crippen LogP contribution in [0.1, 0.15) is 38.1 Å². The van der Waals surface area contributed by atoms with Crippen LogP contribution in [0.5, 0.6) is 0 Å². The molecular weight excluding hydrogens is 319 g/mol. The van der Waals surface area contributed by atoms with Crippen molar-refractivity contribution in [1.82, 2.24) is 25.4 Å². The molecule has 25 heavy (non-hydrogen) atoms. The van der Waals surface area contributed by atoms with Gasteiger partial charge in [0.2, 0.25) is 0 Å². The van der Waals surface area contributed by atoms with Crippen LogP contribution < -0.4 is 10.6 Å². The second-order valence-corrected chi connectivity index (χ2v) is 6.34. The summed E-state index contributed by atoms with van der Waals surface area (Å²) in [7, 11) is 0. The lowest BCUT2D eigenvalue weighted by Gasteiger charge is -2.19. The molecule has 0 radical (unpaired) electrons. The van der Waals surface area contributed by atoms with E-state index >= 15 is 0 Å². The topological polar surface area (TPSA) is 67.1 Å². The summed E-state index contributed by atoms with van der Waals surface area (Å²) >= 11 is 0. The number of aliphatic imine (C=N–C) groups is 1. The lowest BCUT2D eigenvalue weighted by molar-refractivity contribution is 0.559. The van der Waals surface area contributed by atoms with Gasteiger partial charge in [-0.2, -0.15) is 0 Å². The molecule has 0 aliphatic heterocycles. The van der Waals surface area contributed by atoms with Gasteiger partial charge in [-0.1, -0.05) is 18.2 Å². The molecule has 1 saturated carbocycles. The number of nitrogens with one attached hydrogen (secondary N) is 2. The molecule has 1 aromatic carbocycles. The average Bonchev–Trinajstić information content (AvgIpc) is 3.27. The summed E-state index contributed by atoms with van der Waals surface area (Å²) in [6.07, 6.45) is 3.69. The normalized spacial score (nSPS) is 15.9. The number of rotatable bonds is 7. The Morgan fingerprint density at radius 1 is 1.28 bits per heavy atom. The van der Waals surface area contributed by atoms with Crippen molar-refractivity contribution >= 4 is 5.96 Å². The third-order valence-corrected chi connectivity index (χ3v) is 4.65. The molecule has 1 fully saturated rings. The Bertz CT molecular complexity index is 735. The van der Waals surface area contributed by atoms with Gasteiger partial charge in [-0.25, -0.2) is 9.38 Å². The highest BCUT2D eigenvalue weighted by molar-refractivity contribution is 5.79. The van der Waals surface area contributed by atoms with Crippen LogP contribution in [0.4, 0.5) is 4.39 Å². The first-order valence-corrected chi connectivity index (χ1v) is 8.82. The molecular formula is C18H25FN6. The predicted molar refractivity (Wildman–Crippen MR) is 95.8 cm³/mol. The van der Waals surface area contributed by atoms with Crippen LogP contribution in [-0.4, -0.2) is 33.8 Å². The van der Waals surface area contributed by atoms with Crippen LogP contribution in [0, 0.1) is 5.82 Å². The third-order valence-electron chi connectivity index (χ3n) is 4.65. The van der Waals surface area contributed by atoms with Crippen LogP contribution >= 0.6 is 0 Å². The molecule has 1 heterocycles. The maximum Gasteiger partial charge on any atom is 0.191 e. The maximum atomic E-state index is 14.1. The molecule has 1 aromatic heterocycles. The molecule has 1 aliphatic carbocycles. The molecule has 0 saturated heterocycles. The molecule has 0 atom stereocenters. The van der Waals surface area contributed by atoms with Gasteiger partial charge < -0.3 is 15.2 Å². The number of guanidine groups is 1. The van der Waals surface area contributed by atoms with Gasteiger partial charge in [-0.05, 0) is 38.3 Å². The van der Waals surface area contributed by atoms with Crippen molar-refractivity contribution in [2.45, 2.75) is 45.2 Å². The smallest absolute Gasteiger partial charge is 0.191 e. The van der Waals surface area contributed by atoms with Gasteiger partial charge >= 0.3 is 0 Å². The van der Waals surface area contributed by atoms with Crippen molar-refractivity contribution in [2.24, 2.45) is 4.99 Å². The standard InChI is InChI=1S/C18H25FN6/c1-3-20-17(21-11-16-24-23-13-25(16)4-2)22-12-18(9-10-18)14-7-5-6-8-15(14)19/h5-8,13H,3-4,9-12H2,1-2H3,(H2,20,21,22). The Morgan fingerprint density at radius 3 is 2.76 bits per heavy atom. The summed E-state index contributed by atoms with van der Waals surface area (Å²) < 4.78 is 16.1. The van der Waals surface area contributed by atoms with Gasteiger partial charge in [0.1, 0.15) is 18.7 Å². The molecule has 0 spiro atoms. The molecule has 0 amide bonds. The number of benzene rings is 1.